The number of hydrogen-bond donors (Lipinski definition) is 0. The van der Waals surface area contributed by atoms with Crippen LogP contribution in [0.3, 0.4) is 0 Å². The Morgan fingerprint density at radius 1 is 1.21 bits per heavy atom. The van der Waals surface area contributed by atoms with E-state index in [9.17, 15) is 9.59 Å². The molecule has 24 heavy (non-hydrogen) atoms. The lowest BCUT2D eigenvalue weighted by molar-refractivity contribution is -0.138. The second-order valence-electron chi connectivity index (χ2n) is 6.12. The maximum atomic E-state index is 12.4. The van der Waals surface area contributed by atoms with Gasteiger partial charge in [-0.15, -0.1) is 0 Å². The molecule has 0 N–H and O–H groups in total. The number of amides is 1. The van der Waals surface area contributed by atoms with Crippen LogP contribution in [-0.4, -0.2) is 43.0 Å². The fourth-order valence-corrected chi connectivity index (χ4v) is 3.05. The number of para-hydroxylation sites is 1. The molecule has 1 aliphatic rings. The minimum atomic E-state index is -0.176. The fourth-order valence-electron chi connectivity index (χ4n) is 3.05. The SMILES string of the molecule is O=C(Cn1cnc2ccccc2c1=O)N1CC(Cn2ccnc2)C1. The van der Waals surface area contributed by atoms with E-state index in [1.807, 2.05) is 16.8 Å². The number of imidazole rings is 1. The van der Waals surface area contributed by atoms with Crippen LogP contribution < -0.4 is 5.56 Å². The number of benzene rings is 1. The predicted molar refractivity (Wildman–Crippen MR) is 88.3 cm³/mol. The average Bonchev–Trinajstić information content (AvgIpc) is 3.06. The molecule has 1 saturated heterocycles. The maximum absolute atomic E-state index is 12.4. The zero-order chi connectivity index (χ0) is 16.5. The summed E-state index contributed by atoms with van der Waals surface area (Å²) in [5, 5.41) is 0.536. The van der Waals surface area contributed by atoms with E-state index < -0.39 is 0 Å². The molecule has 0 saturated carbocycles. The van der Waals surface area contributed by atoms with Crippen molar-refractivity contribution in [2.75, 3.05) is 13.1 Å². The highest BCUT2D eigenvalue weighted by Gasteiger charge is 2.30. The van der Waals surface area contributed by atoms with Crippen molar-refractivity contribution in [3.05, 3.63) is 59.7 Å². The first kappa shape index (κ1) is 14.6. The van der Waals surface area contributed by atoms with Crippen molar-refractivity contribution in [3.63, 3.8) is 0 Å². The van der Waals surface area contributed by atoms with Crippen molar-refractivity contribution in [3.8, 4) is 0 Å². The highest BCUT2D eigenvalue weighted by molar-refractivity contribution is 5.79. The van der Waals surface area contributed by atoms with Gasteiger partial charge in [-0.2, -0.15) is 0 Å². The van der Waals surface area contributed by atoms with Crippen LogP contribution in [0.2, 0.25) is 0 Å². The van der Waals surface area contributed by atoms with E-state index in [4.69, 9.17) is 0 Å². The van der Waals surface area contributed by atoms with Gasteiger partial charge in [-0.1, -0.05) is 12.1 Å². The minimum absolute atomic E-state index is 0.0362. The maximum Gasteiger partial charge on any atom is 0.261 e. The van der Waals surface area contributed by atoms with Gasteiger partial charge >= 0.3 is 0 Å². The molecular weight excluding hydrogens is 306 g/mol. The molecule has 0 radical (unpaired) electrons. The van der Waals surface area contributed by atoms with Crippen molar-refractivity contribution in [2.24, 2.45) is 5.92 Å². The molecule has 122 valence electrons. The molecule has 0 atom stereocenters. The molecule has 0 unspecified atom stereocenters. The summed E-state index contributed by atoms with van der Waals surface area (Å²) in [6.07, 6.45) is 6.90. The normalized spacial score (nSPS) is 14.8. The number of fused-ring (bicyclic) bond motifs is 1. The Labute approximate surface area is 138 Å². The number of carbonyl (C=O) groups is 1. The van der Waals surface area contributed by atoms with Gasteiger partial charge in [0.25, 0.3) is 5.56 Å². The van der Waals surface area contributed by atoms with Crippen LogP contribution in [0.5, 0.6) is 0 Å². The number of hydrogen-bond acceptors (Lipinski definition) is 4. The Bertz CT molecular complexity index is 926. The van der Waals surface area contributed by atoms with Crippen LogP contribution in [0, 0.1) is 5.92 Å². The Hall–Kier alpha value is -2.96. The summed E-state index contributed by atoms with van der Waals surface area (Å²) in [6.45, 7) is 2.33. The molecule has 0 aliphatic carbocycles. The second kappa shape index (κ2) is 5.92. The second-order valence-corrected chi connectivity index (χ2v) is 6.12. The van der Waals surface area contributed by atoms with Crippen molar-refractivity contribution < 1.29 is 4.79 Å². The quantitative estimate of drug-likeness (QED) is 0.710. The number of rotatable bonds is 4. The fraction of sp³-hybridized carbons (Fsp3) is 0.294. The van der Waals surface area contributed by atoms with Gasteiger partial charge in [0.05, 0.1) is 23.6 Å². The lowest BCUT2D eigenvalue weighted by Gasteiger charge is -2.39. The lowest BCUT2D eigenvalue weighted by Crippen LogP contribution is -2.52. The van der Waals surface area contributed by atoms with E-state index in [0.29, 0.717) is 29.9 Å². The molecule has 1 aromatic carbocycles. The lowest BCUT2D eigenvalue weighted by atomic mass is 10.00. The van der Waals surface area contributed by atoms with Crippen molar-refractivity contribution >= 4 is 16.8 Å². The summed E-state index contributed by atoms with van der Waals surface area (Å²) in [6, 6.07) is 7.16. The molecule has 3 heterocycles. The van der Waals surface area contributed by atoms with Gasteiger partial charge in [0.1, 0.15) is 6.54 Å². The Morgan fingerprint density at radius 2 is 2.04 bits per heavy atom. The summed E-state index contributed by atoms with van der Waals surface area (Å²) in [5.41, 5.74) is 0.472. The highest BCUT2D eigenvalue weighted by Crippen LogP contribution is 2.18. The van der Waals surface area contributed by atoms with E-state index in [2.05, 4.69) is 9.97 Å². The smallest absolute Gasteiger partial charge is 0.261 e. The average molecular weight is 323 g/mol. The van der Waals surface area contributed by atoms with Gasteiger partial charge < -0.3 is 9.47 Å². The third-order valence-corrected chi connectivity index (χ3v) is 4.38. The van der Waals surface area contributed by atoms with Crippen molar-refractivity contribution in [1.82, 2.24) is 24.0 Å². The first-order chi connectivity index (χ1) is 11.7. The van der Waals surface area contributed by atoms with Crippen molar-refractivity contribution in [1.29, 1.82) is 0 Å². The monoisotopic (exact) mass is 323 g/mol. The van der Waals surface area contributed by atoms with Gasteiger partial charge in [-0.25, -0.2) is 9.97 Å². The third-order valence-electron chi connectivity index (χ3n) is 4.38. The topological polar surface area (TPSA) is 73.0 Å². The van der Waals surface area contributed by atoms with Crippen LogP contribution in [0.4, 0.5) is 0 Å². The first-order valence-electron chi connectivity index (χ1n) is 7.88. The largest absolute Gasteiger partial charge is 0.340 e. The molecule has 7 heteroatoms. The number of carbonyl (C=O) groups excluding carboxylic acids is 1. The van der Waals surface area contributed by atoms with Gasteiger partial charge in [-0.05, 0) is 12.1 Å². The highest BCUT2D eigenvalue weighted by atomic mass is 16.2. The Kier molecular flexibility index (Phi) is 3.60. The molecule has 3 aromatic rings. The van der Waals surface area contributed by atoms with Gasteiger partial charge in [0, 0.05) is 37.9 Å². The van der Waals surface area contributed by atoms with Crippen LogP contribution in [0.25, 0.3) is 10.9 Å². The summed E-state index contributed by atoms with van der Waals surface area (Å²) in [7, 11) is 0. The van der Waals surface area contributed by atoms with E-state index in [1.54, 1.807) is 35.6 Å². The Morgan fingerprint density at radius 3 is 2.83 bits per heavy atom. The molecule has 1 amide bonds. The number of aromatic nitrogens is 4. The van der Waals surface area contributed by atoms with Gasteiger partial charge in [0.15, 0.2) is 0 Å². The molecule has 2 aromatic heterocycles. The van der Waals surface area contributed by atoms with E-state index in [1.165, 1.54) is 10.9 Å². The molecule has 7 nitrogen and oxygen atoms in total. The number of nitrogens with zero attached hydrogens (tertiary/aromatic N) is 5. The predicted octanol–water partition coefficient (Wildman–Crippen LogP) is 0.752. The number of likely N-dealkylation sites (tertiary alicyclic amines) is 1. The van der Waals surface area contributed by atoms with E-state index >= 15 is 0 Å². The summed E-state index contributed by atoms with van der Waals surface area (Å²) >= 11 is 0. The van der Waals surface area contributed by atoms with Crippen LogP contribution in [0.15, 0.2) is 54.1 Å². The zero-order valence-corrected chi connectivity index (χ0v) is 13.1. The van der Waals surface area contributed by atoms with Crippen LogP contribution in [0.1, 0.15) is 0 Å². The van der Waals surface area contributed by atoms with Crippen LogP contribution in [-0.2, 0) is 17.9 Å². The van der Waals surface area contributed by atoms with Crippen molar-refractivity contribution in [2.45, 2.75) is 13.1 Å². The standard InChI is InChI=1S/C17H17N5O2/c23-16(21-8-13(9-21)7-20-6-5-18-11-20)10-22-12-19-15-4-2-1-3-14(15)17(22)24/h1-6,11-13H,7-10H2. The third kappa shape index (κ3) is 2.68. The van der Waals surface area contributed by atoms with Gasteiger partial charge in [0.2, 0.25) is 5.91 Å². The molecule has 0 bridgehead atoms. The molecule has 1 aliphatic heterocycles. The van der Waals surface area contributed by atoms with Crippen LogP contribution >= 0.6 is 0 Å². The molecule has 1 fully saturated rings. The summed E-state index contributed by atoms with van der Waals surface area (Å²) < 4.78 is 3.40. The molecule has 0 spiro atoms. The Balaban J connectivity index is 1.40. The van der Waals surface area contributed by atoms with E-state index in [0.717, 1.165) is 6.54 Å². The zero-order valence-electron chi connectivity index (χ0n) is 13.1. The molecule has 4 rings (SSSR count). The minimum Gasteiger partial charge on any atom is -0.340 e. The first-order valence-corrected chi connectivity index (χ1v) is 7.88. The van der Waals surface area contributed by atoms with Gasteiger partial charge in [-0.3, -0.25) is 14.2 Å². The summed E-state index contributed by atoms with van der Waals surface area (Å²) in [5.74, 6) is 0.394. The molecular formula is C17H17N5O2. The van der Waals surface area contributed by atoms with E-state index in [-0.39, 0.29) is 18.0 Å². The summed E-state index contributed by atoms with van der Waals surface area (Å²) in [4.78, 5) is 34.8.